The van der Waals surface area contributed by atoms with Crippen molar-refractivity contribution in [3.05, 3.63) is 35.9 Å². The van der Waals surface area contributed by atoms with Crippen molar-refractivity contribution in [1.29, 1.82) is 0 Å². The molecule has 1 rings (SSSR count). The minimum Gasteiger partial charge on any atom is -0.392 e. The Balaban J connectivity index is 2.63. The third-order valence-corrected chi connectivity index (χ3v) is 2.91. The van der Waals surface area contributed by atoms with E-state index >= 15 is 0 Å². The largest absolute Gasteiger partial charge is 0.392 e. The maximum absolute atomic E-state index is 12.1. The van der Waals surface area contributed by atoms with Gasteiger partial charge in [-0.3, -0.25) is 9.59 Å². The van der Waals surface area contributed by atoms with Crippen molar-refractivity contribution in [3.8, 4) is 0 Å². The van der Waals surface area contributed by atoms with Gasteiger partial charge in [-0.15, -0.1) is 0 Å². The molecule has 0 heterocycles. The van der Waals surface area contributed by atoms with Crippen LogP contribution < -0.4 is 16.4 Å². The first-order chi connectivity index (χ1) is 9.56. The van der Waals surface area contributed by atoms with Crippen LogP contribution in [0.25, 0.3) is 0 Å². The van der Waals surface area contributed by atoms with Crippen molar-refractivity contribution in [2.45, 2.75) is 19.3 Å². The third kappa shape index (κ3) is 4.97. The van der Waals surface area contributed by atoms with E-state index in [-0.39, 0.29) is 23.3 Å². The van der Waals surface area contributed by atoms with Gasteiger partial charge in [0.05, 0.1) is 11.5 Å². The molecule has 4 N–H and O–H groups in total. The summed E-state index contributed by atoms with van der Waals surface area (Å²) in [7, 11) is 0. The van der Waals surface area contributed by atoms with Crippen LogP contribution in [0.5, 0.6) is 0 Å². The molecule has 1 atom stereocenters. The smallest absolute Gasteiger partial charge is 0.239 e. The molecule has 1 aromatic rings. The van der Waals surface area contributed by atoms with Gasteiger partial charge in [0.2, 0.25) is 11.8 Å². The van der Waals surface area contributed by atoms with Crippen LogP contribution in [-0.4, -0.2) is 29.9 Å². The molecule has 1 aromatic carbocycles. The molecule has 0 aromatic heterocycles. The summed E-state index contributed by atoms with van der Waals surface area (Å²) in [6.45, 7) is 2.47. The molecule has 6 heteroatoms. The van der Waals surface area contributed by atoms with Crippen molar-refractivity contribution in [3.63, 3.8) is 0 Å². The van der Waals surface area contributed by atoms with Gasteiger partial charge in [0.1, 0.15) is 5.92 Å². The molecule has 0 spiro atoms. The maximum atomic E-state index is 12.1. The molecule has 108 valence electrons. The van der Waals surface area contributed by atoms with E-state index in [4.69, 9.17) is 18.0 Å². The predicted molar refractivity (Wildman–Crippen MR) is 82.3 cm³/mol. The van der Waals surface area contributed by atoms with Crippen LogP contribution in [0.1, 0.15) is 24.8 Å². The minimum absolute atomic E-state index is 0.0786. The fourth-order valence-electron chi connectivity index (χ4n) is 1.69. The topological polar surface area (TPSA) is 84.2 Å². The van der Waals surface area contributed by atoms with Crippen molar-refractivity contribution >= 4 is 29.0 Å². The van der Waals surface area contributed by atoms with E-state index in [0.29, 0.717) is 12.1 Å². The van der Waals surface area contributed by atoms with Gasteiger partial charge >= 0.3 is 0 Å². The Morgan fingerprint density at radius 3 is 2.45 bits per heavy atom. The highest BCUT2D eigenvalue weighted by Crippen LogP contribution is 2.15. The summed E-state index contributed by atoms with van der Waals surface area (Å²) in [5.41, 5.74) is 6.34. The number of thiocarbonyl (C=S) groups is 1. The van der Waals surface area contributed by atoms with Crippen LogP contribution in [0.15, 0.2) is 30.3 Å². The monoisotopic (exact) mass is 293 g/mol. The van der Waals surface area contributed by atoms with E-state index in [0.717, 1.165) is 6.42 Å². The number of nitrogens with one attached hydrogen (secondary N) is 2. The quantitative estimate of drug-likeness (QED) is 0.646. The maximum Gasteiger partial charge on any atom is 0.239 e. The number of carbonyl (C=O) groups excluding carboxylic acids is 2. The number of benzene rings is 1. The van der Waals surface area contributed by atoms with Crippen molar-refractivity contribution in [1.82, 2.24) is 10.6 Å². The first-order valence-corrected chi connectivity index (χ1v) is 6.85. The second-order valence-corrected chi connectivity index (χ2v) is 4.79. The summed E-state index contributed by atoms with van der Waals surface area (Å²) in [6, 6.07) is 9.01. The average molecular weight is 293 g/mol. The molecule has 5 nitrogen and oxygen atoms in total. The summed E-state index contributed by atoms with van der Waals surface area (Å²) >= 11 is 4.94. The standard InChI is InChI=1S/C14H19N3O2S/c1-2-8-16-11(18)9-17-14(19)12(13(15)20)10-6-4-3-5-7-10/h3-7,12H,2,8-9H2,1H3,(H2,15,20)(H,16,18)(H,17,19). The molecule has 0 aliphatic heterocycles. The van der Waals surface area contributed by atoms with Crippen molar-refractivity contribution in [2.75, 3.05) is 13.1 Å². The van der Waals surface area contributed by atoms with Gasteiger partial charge in [-0.1, -0.05) is 49.5 Å². The predicted octanol–water partition coefficient (Wildman–Crippen LogP) is 0.699. The fraction of sp³-hybridized carbons (Fsp3) is 0.357. The third-order valence-electron chi connectivity index (χ3n) is 2.67. The molecule has 0 saturated carbocycles. The number of amides is 2. The molecular formula is C14H19N3O2S. The summed E-state index contributed by atoms with van der Waals surface area (Å²) < 4.78 is 0. The summed E-state index contributed by atoms with van der Waals surface area (Å²) in [5, 5.41) is 5.23. The second kappa shape index (κ2) is 8.27. The van der Waals surface area contributed by atoms with Crippen LogP contribution in [0.2, 0.25) is 0 Å². The molecule has 2 amide bonds. The van der Waals surface area contributed by atoms with Crippen LogP contribution in [0.4, 0.5) is 0 Å². The lowest BCUT2D eigenvalue weighted by molar-refractivity contribution is -0.126. The molecule has 0 aliphatic carbocycles. The zero-order chi connectivity index (χ0) is 15.0. The normalized spacial score (nSPS) is 11.4. The van der Waals surface area contributed by atoms with E-state index < -0.39 is 5.92 Å². The van der Waals surface area contributed by atoms with Gasteiger partial charge in [0, 0.05) is 6.54 Å². The van der Waals surface area contributed by atoms with E-state index in [1.165, 1.54) is 0 Å². The number of carbonyl (C=O) groups is 2. The van der Waals surface area contributed by atoms with Gasteiger partial charge in [-0.25, -0.2) is 0 Å². The highest BCUT2D eigenvalue weighted by molar-refractivity contribution is 7.80. The van der Waals surface area contributed by atoms with E-state index in [2.05, 4.69) is 10.6 Å². The van der Waals surface area contributed by atoms with Gasteiger partial charge in [-0.2, -0.15) is 0 Å². The number of nitrogens with two attached hydrogens (primary N) is 1. The van der Waals surface area contributed by atoms with E-state index in [9.17, 15) is 9.59 Å². The number of hydrogen-bond donors (Lipinski definition) is 3. The second-order valence-electron chi connectivity index (χ2n) is 4.31. The molecule has 0 saturated heterocycles. The highest BCUT2D eigenvalue weighted by atomic mass is 32.1. The molecule has 0 radical (unpaired) electrons. The minimum atomic E-state index is -0.717. The zero-order valence-electron chi connectivity index (χ0n) is 11.4. The molecule has 0 bridgehead atoms. The number of rotatable bonds is 7. The van der Waals surface area contributed by atoms with Gasteiger partial charge in [0.15, 0.2) is 0 Å². The Hall–Kier alpha value is -1.95. The fourth-order valence-corrected chi connectivity index (χ4v) is 1.93. The Kier molecular flexibility index (Phi) is 6.66. The Labute approximate surface area is 123 Å². The first-order valence-electron chi connectivity index (χ1n) is 6.45. The summed E-state index contributed by atoms with van der Waals surface area (Å²) in [4.78, 5) is 23.6. The van der Waals surface area contributed by atoms with E-state index in [1.54, 1.807) is 12.1 Å². The molecular weight excluding hydrogens is 274 g/mol. The highest BCUT2D eigenvalue weighted by Gasteiger charge is 2.23. The van der Waals surface area contributed by atoms with Crippen LogP contribution in [-0.2, 0) is 9.59 Å². The van der Waals surface area contributed by atoms with Crippen LogP contribution in [0.3, 0.4) is 0 Å². The van der Waals surface area contributed by atoms with Gasteiger partial charge in [0.25, 0.3) is 0 Å². The first kappa shape index (κ1) is 16.1. The molecule has 0 fully saturated rings. The zero-order valence-corrected chi connectivity index (χ0v) is 12.2. The van der Waals surface area contributed by atoms with E-state index in [1.807, 2.05) is 25.1 Å². The Morgan fingerprint density at radius 2 is 1.90 bits per heavy atom. The summed E-state index contributed by atoms with van der Waals surface area (Å²) in [5.74, 6) is -1.31. The molecule has 20 heavy (non-hydrogen) atoms. The Bertz CT molecular complexity index is 477. The lowest BCUT2D eigenvalue weighted by atomic mass is 9.98. The number of hydrogen-bond acceptors (Lipinski definition) is 3. The lowest BCUT2D eigenvalue weighted by Gasteiger charge is -2.15. The average Bonchev–Trinajstić information content (AvgIpc) is 2.43. The van der Waals surface area contributed by atoms with Gasteiger partial charge in [-0.05, 0) is 12.0 Å². The lowest BCUT2D eigenvalue weighted by Crippen LogP contribution is -2.42. The SMILES string of the molecule is CCCNC(=O)CNC(=O)C(C(N)=S)c1ccccc1. The molecule has 0 aliphatic rings. The molecule has 1 unspecified atom stereocenters. The van der Waals surface area contributed by atoms with Crippen LogP contribution in [0, 0.1) is 0 Å². The van der Waals surface area contributed by atoms with Gasteiger partial charge < -0.3 is 16.4 Å². The Morgan fingerprint density at radius 1 is 1.25 bits per heavy atom. The van der Waals surface area contributed by atoms with Crippen molar-refractivity contribution in [2.24, 2.45) is 5.73 Å². The van der Waals surface area contributed by atoms with Crippen molar-refractivity contribution < 1.29 is 9.59 Å². The van der Waals surface area contributed by atoms with Crippen LogP contribution >= 0.6 is 12.2 Å². The summed E-state index contributed by atoms with van der Waals surface area (Å²) in [6.07, 6.45) is 0.846.